The number of nitrogens with one attached hydrogen (secondary N) is 1. The van der Waals surface area contributed by atoms with E-state index in [4.69, 9.17) is 4.74 Å². The number of ether oxygens (including phenoxy) is 1. The zero-order chi connectivity index (χ0) is 13.6. The predicted molar refractivity (Wildman–Crippen MR) is 78.7 cm³/mol. The van der Waals surface area contributed by atoms with E-state index in [1.165, 1.54) is 32.1 Å². The molecule has 1 fully saturated rings. The topological polar surface area (TPSA) is 21.3 Å². The van der Waals surface area contributed by atoms with E-state index in [0.717, 1.165) is 12.8 Å². The SMILES string of the molecule is CCCCC[C@H]1N[C@@H](C(C)CC)C(CC)(CC)O1. The van der Waals surface area contributed by atoms with Gasteiger partial charge in [0.1, 0.15) is 6.23 Å². The van der Waals surface area contributed by atoms with Crippen LogP contribution in [0.5, 0.6) is 0 Å². The molecule has 2 heteroatoms. The Bertz CT molecular complexity index is 225. The standard InChI is InChI=1S/C16H33NO/c1-6-10-11-12-14-17-15(13(5)7-2)16(8-3,9-4)18-14/h13-15,17H,6-12H2,1-5H3/t13?,14-,15-/m0/s1. The van der Waals surface area contributed by atoms with Gasteiger partial charge in [0, 0.05) is 6.04 Å². The Kier molecular flexibility index (Phi) is 6.65. The molecular weight excluding hydrogens is 222 g/mol. The largest absolute Gasteiger partial charge is 0.355 e. The van der Waals surface area contributed by atoms with Gasteiger partial charge in [0.2, 0.25) is 0 Å². The summed E-state index contributed by atoms with van der Waals surface area (Å²) in [4.78, 5) is 0. The fourth-order valence-electron chi connectivity index (χ4n) is 3.24. The number of rotatable bonds is 8. The van der Waals surface area contributed by atoms with Gasteiger partial charge in [-0.05, 0) is 31.6 Å². The van der Waals surface area contributed by atoms with Gasteiger partial charge in [-0.25, -0.2) is 0 Å². The van der Waals surface area contributed by atoms with Gasteiger partial charge in [0.05, 0.1) is 5.60 Å². The molecule has 0 radical (unpaired) electrons. The number of hydrogen-bond donors (Lipinski definition) is 1. The van der Waals surface area contributed by atoms with Crippen LogP contribution in [0.15, 0.2) is 0 Å². The molecule has 1 unspecified atom stereocenters. The lowest BCUT2D eigenvalue weighted by Gasteiger charge is -2.35. The van der Waals surface area contributed by atoms with Crippen molar-refractivity contribution < 1.29 is 4.74 Å². The van der Waals surface area contributed by atoms with Gasteiger partial charge in [0.15, 0.2) is 0 Å². The van der Waals surface area contributed by atoms with Gasteiger partial charge in [-0.2, -0.15) is 0 Å². The molecule has 0 saturated carbocycles. The molecule has 0 aromatic carbocycles. The molecule has 0 aromatic rings. The molecule has 0 aromatic heterocycles. The highest BCUT2D eigenvalue weighted by Crippen LogP contribution is 2.37. The summed E-state index contributed by atoms with van der Waals surface area (Å²) in [7, 11) is 0. The van der Waals surface area contributed by atoms with Gasteiger partial charge >= 0.3 is 0 Å². The molecule has 1 rings (SSSR count). The molecule has 1 saturated heterocycles. The van der Waals surface area contributed by atoms with E-state index in [-0.39, 0.29) is 11.8 Å². The Balaban J connectivity index is 2.64. The van der Waals surface area contributed by atoms with Gasteiger partial charge in [0.25, 0.3) is 0 Å². The molecule has 1 aliphatic rings. The summed E-state index contributed by atoms with van der Waals surface area (Å²) in [5.41, 5.74) is 0.0757. The molecule has 0 spiro atoms. The first-order valence-electron chi connectivity index (χ1n) is 8.07. The van der Waals surface area contributed by atoms with Crippen LogP contribution >= 0.6 is 0 Å². The first-order chi connectivity index (χ1) is 8.63. The molecule has 108 valence electrons. The Morgan fingerprint density at radius 3 is 2.28 bits per heavy atom. The zero-order valence-electron chi connectivity index (χ0n) is 13.1. The van der Waals surface area contributed by atoms with Gasteiger partial charge < -0.3 is 4.74 Å². The van der Waals surface area contributed by atoms with Crippen LogP contribution in [0.25, 0.3) is 0 Å². The zero-order valence-corrected chi connectivity index (χ0v) is 13.1. The van der Waals surface area contributed by atoms with E-state index >= 15 is 0 Å². The first kappa shape index (κ1) is 16.0. The van der Waals surface area contributed by atoms with E-state index in [2.05, 4.69) is 39.9 Å². The molecule has 3 atom stereocenters. The van der Waals surface area contributed by atoms with Gasteiger partial charge in [-0.15, -0.1) is 0 Å². The lowest BCUT2D eigenvalue weighted by molar-refractivity contribution is -0.0615. The third-order valence-corrected chi connectivity index (χ3v) is 4.79. The minimum absolute atomic E-state index is 0.0757. The van der Waals surface area contributed by atoms with Crippen molar-refractivity contribution >= 4 is 0 Å². The maximum Gasteiger partial charge on any atom is 0.109 e. The van der Waals surface area contributed by atoms with E-state index in [1.807, 2.05) is 0 Å². The quantitative estimate of drug-likeness (QED) is 0.645. The van der Waals surface area contributed by atoms with Crippen molar-refractivity contribution in [1.82, 2.24) is 5.32 Å². The minimum Gasteiger partial charge on any atom is -0.355 e. The van der Waals surface area contributed by atoms with Crippen molar-refractivity contribution in [2.24, 2.45) is 5.92 Å². The summed E-state index contributed by atoms with van der Waals surface area (Å²) in [6, 6.07) is 0.532. The lowest BCUT2D eigenvalue weighted by atomic mass is 9.81. The highest BCUT2D eigenvalue weighted by Gasteiger charge is 2.47. The summed E-state index contributed by atoms with van der Waals surface area (Å²) in [6.07, 6.45) is 8.81. The monoisotopic (exact) mass is 255 g/mol. The summed E-state index contributed by atoms with van der Waals surface area (Å²) in [5.74, 6) is 0.695. The molecule has 0 bridgehead atoms. The van der Waals surface area contributed by atoms with Crippen molar-refractivity contribution in [2.75, 3.05) is 0 Å². The Hall–Kier alpha value is -0.0800. The molecule has 0 aliphatic carbocycles. The summed E-state index contributed by atoms with van der Waals surface area (Å²) < 4.78 is 6.42. The average Bonchev–Trinajstić information content (AvgIpc) is 2.77. The second-order valence-corrected chi connectivity index (χ2v) is 5.90. The third kappa shape index (κ3) is 3.48. The van der Waals surface area contributed by atoms with Gasteiger partial charge in [-0.3, -0.25) is 5.32 Å². The smallest absolute Gasteiger partial charge is 0.109 e. The van der Waals surface area contributed by atoms with E-state index in [9.17, 15) is 0 Å². The summed E-state index contributed by atoms with van der Waals surface area (Å²) in [5, 5.41) is 3.77. The van der Waals surface area contributed by atoms with Crippen molar-refractivity contribution in [3.8, 4) is 0 Å². The fraction of sp³-hybridized carbons (Fsp3) is 1.00. The van der Waals surface area contributed by atoms with Crippen LogP contribution in [0.3, 0.4) is 0 Å². The van der Waals surface area contributed by atoms with Crippen LogP contribution in [0.4, 0.5) is 0 Å². The maximum absolute atomic E-state index is 6.42. The average molecular weight is 255 g/mol. The highest BCUT2D eigenvalue weighted by atomic mass is 16.5. The predicted octanol–water partition coefficient (Wildman–Crippen LogP) is 4.49. The third-order valence-electron chi connectivity index (χ3n) is 4.79. The minimum atomic E-state index is 0.0757. The van der Waals surface area contributed by atoms with E-state index in [0.29, 0.717) is 12.0 Å². The maximum atomic E-state index is 6.42. The summed E-state index contributed by atoms with van der Waals surface area (Å²) >= 11 is 0. The van der Waals surface area contributed by atoms with Crippen LogP contribution in [-0.4, -0.2) is 17.9 Å². The van der Waals surface area contributed by atoms with E-state index in [1.54, 1.807) is 0 Å². The number of hydrogen-bond acceptors (Lipinski definition) is 2. The molecule has 2 nitrogen and oxygen atoms in total. The van der Waals surface area contributed by atoms with Gasteiger partial charge in [-0.1, -0.05) is 53.9 Å². The molecule has 1 N–H and O–H groups in total. The first-order valence-corrected chi connectivity index (χ1v) is 8.07. The van der Waals surface area contributed by atoms with Crippen LogP contribution < -0.4 is 5.32 Å². The Morgan fingerprint density at radius 1 is 1.11 bits per heavy atom. The normalized spacial score (nSPS) is 28.5. The molecular formula is C16H33NO. The van der Waals surface area contributed by atoms with Crippen molar-refractivity contribution in [1.29, 1.82) is 0 Å². The highest BCUT2D eigenvalue weighted by molar-refractivity contribution is 4.99. The molecule has 18 heavy (non-hydrogen) atoms. The second-order valence-electron chi connectivity index (χ2n) is 5.90. The Labute approximate surface area is 114 Å². The second kappa shape index (κ2) is 7.49. The summed E-state index contributed by atoms with van der Waals surface area (Å²) in [6.45, 7) is 11.4. The Morgan fingerprint density at radius 2 is 1.78 bits per heavy atom. The van der Waals surface area contributed by atoms with Crippen molar-refractivity contribution in [3.63, 3.8) is 0 Å². The molecule has 1 aliphatic heterocycles. The molecule has 0 amide bonds. The van der Waals surface area contributed by atoms with Crippen LogP contribution in [-0.2, 0) is 4.74 Å². The molecule has 1 heterocycles. The fourth-order valence-corrected chi connectivity index (χ4v) is 3.24. The van der Waals surface area contributed by atoms with Crippen molar-refractivity contribution in [2.45, 2.75) is 97.4 Å². The van der Waals surface area contributed by atoms with Crippen LogP contribution in [0.1, 0.15) is 79.6 Å². The van der Waals surface area contributed by atoms with Crippen molar-refractivity contribution in [3.05, 3.63) is 0 Å². The van der Waals surface area contributed by atoms with Crippen LogP contribution in [0.2, 0.25) is 0 Å². The lowest BCUT2D eigenvalue weighted by Crippen LogP contribution is -2.47. The van der Waals surface area contributed by atoms with E-state index < -0.39 is 0 Å². The number of unbranched alkanes of at least 4 members (excludes halogenated alkanes) is 2. The van der Waals surface area contributed by atoms with Crippen LogP contribution in [0, 0.1) is 5.92 Å².